The maximum absolute atomic E-state index is 6.86. The Morgan fingerprint density at radius 3 is 2.59 bits per heavy atom. The minimum absolute atomic E-state index is 0.0633. The average molecular weight is 482 g/mol. The molecule has 0 saturated heterocycles. The Hall–Kier alpha value is 0.137. The quantitative estimate of drug-likeness (QED) is 0.281. The summed E-state index contributed by atoms with van der Waals surface area (Å²) in [7, 11) is -1.75. The summed E-state index contributed by atoms with van der Waals surface area (Å²) in [5.41, 5.74) is 2.14. The van der Waals surface area contributed by atoms with Crippen LogP contribution in [0.5, 0.6) is 0 Å². The molecule has 0 spiro atoms. The molecule has 0 aromatic carbocycles. The third kappa shape index (κ3) is 4.67. The van der Waals surface area contributed by atoms with Crippen LogP contribution < -0.4 is 0 Å². The van der Waals surface area contributed by atoms with Crippen LogP contribution in [0.2, 0.25) is 18.1 Å². The predicted molar refractivity (Wildman–Crippen MR) is 133 cm³/mol. The van der Waals surface area contributed by atoms with E-state index in [2.05, 4.69) is 87.7 Å². The van der Waals surface area contributed by atoms with Crippen molar-refractivity contribution in [3.63, 3.8) is 0 Å². The van der Waals surface area contributed by atoms with E-state index in [9.17, 15) is 0 Å². The first-order chi connectivity index (χ1) is 13.3. The zero-order valence-corrected chi connectivity index (χ0v) is 22.9. The molecule has 0 radical (unpaired) electrons. The molecular formula is C26H45BrOSi. The maximum Gasteiger partial charge on any atom is 0.193 e. The monoisotopic (exact) mass is 480 g/mol. The van der Waals surface area contributed by atoms with Gasteiger partial charge < -0.3 is 4.43 Å². The highest BCUT2D eigenvalue weighted by atomic mass is 79.9. The Morgan fingerprint density at radius 2 is 1.97 bits per heavy atom. The number of halogens is 1. The van der Waals surface area contributed by atoms with Crippen molar-refractivity contribution in [1.29, 1.82) is 0 Å². The van der Waals surface area contributed by atoms with Gasteiger partial charge in [-0.05, 0) is 104 Å². The Labute approximate surface area is 190 Å². The first-order valence-electron chi connectivity index (χ1n) is 12.0. The molecule has 3 aliphatic carbocycles. The lowest BCUT2D eigenvalue weighted by molar-refractivity contribution is 0.0791. The van der Waals surface area contributed by atoms with Crippen LogP contribution in [0.1, 0.15) is 86.5 Å². The fourth-order valence-electron chi connectivity index (χ4n) is 6.76. The summed E-state index contributed by atoms with van der Waals surface area (Å²) < 4.78 is 6.86. The minimum Gasteiger partial charge on any atom is -0.408 e. The van der Waals surface area contributed by atoms with Crippen molar-refractivity contribution in [2.75, 3.05) is 0 Å². The summed E-state index contributed by atoms with van der Waals surface area (Å²) in [5.74, 6) is 3.16. The van der Waals surface area contributed by atoms with Crippen molar-refractivity contribution in [2.45, 2.75) is 110 Å². The smallest absolute Gasteiger partial charge is 0.193 e. The average Bonchev–Trinajstić information content (AvgIpc) is 3.12. The second-order valence-corrected chi connectivity index (χ2v) is 17.7. The number of rotatable bonds is 5. The predicted octanol–water partition coefficient (Wildman–Crippen LogP) is 8.86. The van der Waals surface area contributed by atoms with E-state index >= 15 is 0 Å². The topological polar surface area (TPSA) is 9.23 Å². The van der Waals surface area contributed by atoms with Crippen molar-refractivity contribution < 1.29 is 4.43 Å². The summed E-state index contributed by atoms with van der Waals surface area (Å²) in [6, 6.07) is 0. The van der Waals surface area contributed by atoms with E-state index in [0.29, 0.717) is 11.3 Å². The lowest BCUT2D eigenvalue weighted by Gasteiger charge is -2.45. The fourth-order valence-corrected chi connectivity index (χ4v) is 8.93. The molecule has 3 rings (SSSR count). The second-order valence-electron chi connectivity index (χ2n) is 12.5. The highest BCUT2D eigenvalue weighted by molar-refractivity contribution is 9.11. The number of allylic oxidation sites excluding steroid dienone is 2. The van der Waals surface area contributed by atoms with Crippen LogP contribution in [0.25, 0.3) is 0 Å². The lowest BCUT2D eigenvalue weighted by atomic mass is 9.61. The van der Waals surface area contributed by atoms with Gasteiger partial charge in [0, 0.05) is 0 Å². The highest BCUT2D eigenvalue weighted by Gasteiger charge is 2.51. The van der Waals surface area contributed by atoms with Gasteiger partial charge in [-0.3, -0.25) is 0 Å². The van der Waals surface area contributed by atoms with Crippen molar-refractivity contribution in [3.8, 4) is 0 Å². The molecule has 0 amide bonds. The van der Waals surface area contributed by atoms with Crippen LogP contribution in [0, 0.1) is 29.1 Å². The molecule has 0 aromatic rings. The van der Waals surface area contributed by atoms with Gasteiger partial charge in [-0.2, -0.15) is 0 Å². The van der Waals surface area contributed by atoms with E-state index in [1.165, 1.54) is 44.9 Å². The van der Waals surface area contributed by atoms with E-state index in [4.69, 9.17) is 4.43 Å². The zero-order valence-electron chi connectivity index (χ0n) is 20.3. The van der Waals surface area contributed by atoms with Crippen LogP contribution in [-0.2, 0) is 4.43 Å². The first-order valence-corrected chi connectivity index (χ1v) is 15.8. The molecule has 1 unspecified atom stereocenters. The Morgan fingerprint density at radius 1 is 1.28 bits per heavy atom. The number of hydrogen-bond donors (Lipinski definition) is 0. The fraction of sp³-hybridized carbons (Fsp3) is 0.846. The largest absolute Gasteiger partial charge is 0.408 e. The molecule has 0 aromatic heterocycles. The molecule has 0 N–H and O–H groups in total. The SMILES string of the molecule is C[C@H](C[C@H]1C=C[C@@](C)(O[Si](C)(C)C(C)(C)C)C1)[C@H]1CCC2C(=CBr)CCC[C@@]21C. The van der Waals surface area contributed by atoms with Gasteiger partial charge in [0.05, 0.1) is 5.60 Å². The summed E-state index contributed by atoms with van der Waals surface area (Å²) in [5, 5.41) is 0.268. The molecule has 3 aliphatic rings. The lowest BCUT2D eigenvalue weighted by Crippen LogP contribution is -2.47. The van der Waals surface area contributed by atoms with Gasteiger partial charge in [0.2, 0.25) is 0 Å². The molecule has 2 saturated carbocycles. The number of hydrogen-bond acceptors (Lipinski definition) is 1. The van der Waals surface area contributed by atoms with Gasteiger partial charge >= 0.3 is 0 Å². The Kier molecular flexibility index (Phi) is 6.76. The van der Waals surface area contributed by atoms with E-state index in [-0.39, 0.29) is 10.6 Å². The van der Waals surface area contributed by atoms with Gasteiger partial charge in [-0.15, -0.1) is 0 Å². The van der Waals surface area contributed by atoms with E-state index in [1.807, 2.05) is 0 Å². The molecule has 0 heterocycles. The molecule has 0 bridgehead atoms. The Bertz CT molecular complexity index is 660. The molecule has 6 atom stereocenters. The highest BCUT2D eigenvalue weighted by Crippen LogP contribution is 2.60. The van der Waals surface area contributed by atoms with Gasteiger partial charge in [0.1, 0.15) is 0 Å². The van der Waals surface area contributed by atoms with E-state index < -0.39 is 8.32 Å². The third-order valence-corrected chi connectivity index (χ3v) is 14.4. The van der Waals surface area contributed by atoms with Crippen molar-refractivity contribution in [3.05, 3.63) is 22.7 Å². The van der Waals surface area contributed by atoms with Crippen LogP contribution >= 0.6 is 15.9 Å². The minimum atomic E-state index is -1.75. The molecule has 3 heteroatoms. The third-order valence-electron chi connectivity index (χ3n) is 9.22. The summed E-state index contributed by atoms with van der Waals surface area (Å²) in [6.45, 7) is 19.3. The van der Waals surface area contributed by atoms with Crippen LogP contribution in [0.3, 0.4) is 0 Å². The van der Waals surface area contributed by atoms with Crippen molar-refractivity contribution in [2.24, 2.45) is 29.1 Å². The molecular weight excluding hydrogens is 436 g/mol. The van der Waals surface area contributed by atoms with Crippen molar-refractivity contribution in [1.82, 2.24) is 0 Å². The second kappa shape index (κ2) is 8.24. The zero-order chi connectivity index (χ0) is 21.7. The summed E-state index contributed by atoms with van der Waals surface area (Å²) >= 11 is 3.67. The van der Waals surface area contributed by atoms with Gasteiger partial charge in [0.15, 0.2) is 8.32 Å². The first kappa shape index (κ1) is 23.8. The normalized spacial score (nSPS) is 40.4. The van der Waals surface area contributed by atoms with Gasteiger partial charge in [0.25, 0.3) is 0 Å². The molecule has 1 nitrogen and oxygen atoms in total. The van der Waals surface area contributed by atoms with Crippen LogP contribution in [-0.4, -0.2) is 13.9 Å². The molecule has 2 fully saturated rings. The van der Waals surface area contributed by atoms with E-state index in [0.717, 1.165) is 17.8 Å². The Balaban J connectivity index is 1.63. The van der Waals surface area contributed by atoms with Crippen LogP contribution in [0.4, 0.5) is 0 Å². The molecule has 0 aliphatic heterocycles. The molecule has 166 valence electrons. The standard InChI is InChI=1S/C26H45BrOSi/c1-19(22-11-12-23-21(18-27)10-9-14-26(22,23)6)16-20-13-15-25(5,17-20)28-29(7,8)24(2,3)4/h13,15,18-20,22-23H,9-12,14,16-17H2,1-8H3/t19-,20-,22-,23?,25-,26-/m1/s1. The van der Waals surface area contributed by atoms with Crippen molar-refractivity contribution >= 4 is 24.2 Å². The summed E-state index contributed by atoms with van der Waals surface area (Å²) in [6.07, 6.45) is 14.3. The van der Waals surface area contributed by atoms with Crippen LogP contribution in [0.15, 0.2) is 22.7 Å². The van der Waals surface area contributed by atoms with Gasteiger partial charge in [-0.1, -0.05) is 68.3 Å². The van der Waals surface area contributed by atoms with E-state index in [1.54, 1.807) is 5.57 Å². The maximum atomic E-state index is 6.86. The number of fused-ring (bicyclic) bond motifs is 1. The van der Waals surface area contributed by atoms with Gasteiger partial charge in [-0.25, -0.2) is 0 Å². The molecule has 29 heavy (non-hydrogen) atoms. The summed E-state index contributed by atoms with van der Waals surface area (Å²) in [4.78, 5) is 2.26.